The van der Waals surface area contributed by atoms with Gasteiger partial charge in [-0.3, -0.25) is 19.2 Å². The molecule has 0 saturated carbocycles. The quantitative estimate of drug-likeness (QED) is 0.218. The molecular formula is C16H30N4O4S. The van der Waals surface area contributed by atoms with Gasteiger partial charge in [-0.05, 0) is 33.2 Å². The third-order valence-corrected chi connectivity index (χ3v) is 4.02. The van der Waals surface area contributed by atoms with E-state index in [1.54, 1.807) is 20.9 Å². The summed E-state index contributed by atoms with van der Waals surface area (Å²) in [6.07, 6.45) is 2.54. The van der Waals surface area contributed by atoms with Crippen molar-refractivity contribution in [2.45, 2.75) is 51.6 Å². The first-order valence-corrected chi connectivity index (χ1v) is 9.11. The number of carbonyl (C=O) groups is 4. The van der Waals surface area contributed by atoms with Crippen molar-refractivity contribution in [3.8, 4) is 0 Å². The largest absolute Gasteiger partial charge is 0.354 e. The Hall–Kier alpha value is -1.61. The van der Waals surface area contributed by atoms with Crippen LogP contribution < -0.4 is 21.3 Å². The maximum Gasteiger partial charge on any atom is 0.243 e. The smallest absolute Gasteiger partial charge is 0.243 e. The Balaban J connectivity index is 4.06. The van der Waals surface area contributed by atoms with Crippen molar-refractivity contribution in [3.63, 3.8) is 0 Å². The van der Waals surface area contributed by atoms with E-state index in [2.05, 4.69) is 33.9 Å². The third-order valence-electron chi connectivity index (χ3n) is 3.66. The molecule has 0 bridgehead atoms. The van der Waals surface area contributed by atoms with Gasteiger partial charge in [0, 0.05) is 18.7 Å². The topological polar surface area (TPSA) is 116 Å². The molecule has 0 saturated heterocycles. The van der Waals surface area contributed by atoms with Gasteiger partial charge in [-0.25, -0.2) is 0 Å². The SMILES string of the molecule is CCC(=O)NCC(=O)NC(CS)C(=O)NCCCCC(NC)C(C)=O. The second-order valence-electron chi connectivity index (χ2n) is 5.67. The zero-order valence-corrected chi connectivity index (χ0v) is 16.1. The average Bonchev–Trinajstić information content (AvgIpc) is 2.59. The fraction of sp³-hybridized carbons (Fsp3) is 0.750. The number of likely N-dealkylation sites (N-methyl/N-ethyl adjacent to an activating group) is 1. The number of carbonyl (C=O) groups excluding carboxylic acids is 4. The molecule has 0 fully saturated rings. The summed E-state index contributed by atoms with van der Waals surface area (Å²) in [5.41, 5.74) is 0. The molecule has 2 atom stereocenters. The first-order valence-electron chi connectivity index (χ1n) is 8.48. The molecule has 0 aromatic rings. The molecule has 9 heteroatoms. The molecule has 4 N–H and O–H groups in total. The van der Waals surface area contributed by atoms with Crippen LogP contribution >= 0.6 is 12.6 Å². The highest BCUT2D eigenvalue weighted by molar-refractivity contribution is 7.80. The van der Waals surface area contributed by atoms with E-state index >= 15 is 0 Å². The van der Waals surface area contributed by atoms with Gasteiger partial charge in [0.05, 0.1) is 12.6 Å². The Labute approximate surface area is 154 Å². The zero-order valence-electron chi connectivity index (χ0n) is 15.2. The van der Waals surface area contributed by atoms with Crippen molar-refractivity contribution in [1.82, 2.24) is 21.3 Å². The van der Waals surface area contributed by atoms with Crippen molar-refractivity contribution >= 4 is 36.1 Å². The lowest BCUT2D eigenvalue weighted by Gasteiger charge is -2.17. The van der Waals surface area contributed by atoms with E-state index in [1.165, 1.54) is 0 Å². The van der Waals surface area contributed by atoms with Gasteiger partial charge in [-0.2, -0.15) is 12.6 Å². The Morgan fingerprint density at radius 3 is 2.20 bits per heavy atom. The minimum absolute atomic E-state index is 0.0968. The average molecular weight is 375 g/mol. The van der Waals surface area contributed by atoms with Gasteiger partial charge in [0.1, 0.15) is 11.8 Å². The fourth-order valence-corrected chi connectivity index (χ4v) is 2.36. The Kier molecular flexibility index (Phi) is 12.8. The Morgan fingerprint density at radius 2 is 1.68 bits per heavy atom. The molecule has 144 valence electrons. The van der Waals surface area contributed by atoms with E-state index in [1.807, 2.05) is 0 Å². The molecule has 0 aliphatic heterocycles. The van der Waals surface area contributed by atoms with Crippen molar-refractivity contribution in [3.05, 3.63) is 0 Å². The maximum atomic E-state index is 12.0. The molecule has 0 heterocycles. The molecule has 25 heavy (non-hydrogen) atoms. The molecule has 8 nitrogen and oxygen atoms in total. The maximum absolute atomic E-state index is 12.0. The van der Waals surface area contributed by atoms with Gasteiger partial charge < -0.3 is 21.3 Å². The second kappa shape index (κ2) is 13.7. The van der Waals surface area contributed by atoms with E-state index in [4.69, 9.17) is 0 Å². The summed E-state index contributed by atoms with van der Waals surface area (Å²) < 4.78 is 0. The lowest BCUT2D eigenvalue weighted by molar-refractivity contribution is -0.129. The molecule has 0 aliphatic rings. The van der Waals surface area contributed by atoms with Gasteiger partial charge in [0.2, 0.25) is 17.7 Å². The predicted octanol–water partition coefficient (Wildman–Crippen LogP) is -0.609. The van der Waals surface area contributed by atoms with Gasteiger partial charge in [0.15, 0.2) is 0 Å². The van der Waals surface area contributed by atoms with Crippen LogP contribution in [0.3, 0.4) is 0 Å². The van der Waals surface area contributed by atoms with Crippen molar-refractivity contribution < 1.29 is 19.2 Å². The van der Waals surface area contributed by atoms with Crippen LogP contribution in [-0.4, -0.2) is 61.5 Å². The fourth-order valence-electron chi connectivity index (χ4n) is 2.10. The van der Waals surface area contributed by atoms with Crippen LogP contribution in [0, 0.1) is 0 Å². The first kappa shape index (κ1) is 23.4. The van der Waals surface area contributed by atoms with Crippen molar-refractivity contribution in [1.29, 1.82) is 0 Å². The van der Waals surface area contributed by atoms with Crippen LogP contribution in [0.15, 0.2) is 0 Å². The summed E-state index contributed by atoms with van der Waals surface area (Å²) in [7, 11) is 1.75. The summed E-state index contributed by atoms with van der Waals surface area (Å²) in [6, 6.07) is -0.907. The summed E-state index contributed by atoms with van der Waals surface area (Å²) in [5, 5.41) is 10.7. The molecule has 0 aromatic carbocycles. The van der Waals surface area contributed by atoms with Crippen LogP contribution in [0.2, 0.25) is 0 Å². The standard InChI is InChI=1S/C16H30N4O4S/c1-4-14(22)19-9-15(23)20-13(10-25)16(24)18-8-6-5-7-12(17-3)11(2)21/h12-13,17,25H,4-10H2,1-3H3,(H,18,24)(H,19,22)(H,20,23). The molecule has 3 amide bonds. The van der Waals surface area contributed by atoms with Gasteiger partial charge in [-0.15, -0.1) is 0 Å². The molecular weight excluding hydrogens is 344 g/mol. The Bertz CT molecular complexity index is 459. The highest BCUT2D eigenvalue weighted by atomic mass is 32.1. The number of nitrogens with one attached hydrogen (secondary N) is 4. The highest BCUT2D eigenvalue weighted by Crippen LogP contribution is 2.01. The van der Waals surface area contributed by atoms with Gasteiger partial charge in [-0.1, -0.05) is 6.92 Å². The number of Topliss-reactive ketones (excluding diaryl/α,β-unsaturated/α-hetero) is 1. The van der Waals surface area contributed by atoms with E-state index < -0.39 is 11.9 Å². The van der Waals surface area contributed by atoms with E-state index in [9.17, 15) is 19.2 Å². The van der Waals surface area contributed by atoms with E-state index in [-0.39, 0.29) is 35.9 Å². The van der Waals surface area contributed by atoms with Crippen molar-refractivity contribution in [2.75, 3.05) is 25.9 Å². The van der Waals surface area contributed by atoms with Crippen LogP contribution in [0.25, 0.3) is 0 Å². The van der Waals surface area contributed by atoms with Crippen LogP contribution in [0.1, 0.15) is 39.5 Å². The number of hydrogen-bond acceptors (Lipinski definition) is 6. The van der Waals surface area contributed by atoms with E-state index in [0.717, 1.165) is 12.8 Å². The number of unbranched alkanes of at least 4 members (excludes halogenated alkanes) is 1. The summed E-state index contributed by atoms with van der Waals surface area (Å²) >= 11 is 4.07. The normalized spacial score (nSPS) is 12.8. The first-order chi connectivity index (χ1) is 11.8. The molecule has 0 radical (unpaired) electrons. The highest BCUT2D eigenvalue weighted by Gasteiger charge is 2.19. The molecule has 0 spiro atoms. The summed E-state index contributed by atoms with van der Waals surface area (Å²) in [6.45, 7) is 3.53. The number of rotatable bonds is 13. The van der Waals surface area contributed by atoms with Gasteiger partial charge in [0.25, 0.3) is 0 Å². The summed E-state index contributed by atoms with van der Waals surface area (Å²) in [4.78, 5) is 46.1. The summed E-state index contributed by atoms with van der Waals surface area (Å²) in [5.74, 6) is -0.728. The van der Waals surface area contributed by atoms with Crippen LogP contribution in [-0.2, 0) is 19.2 Å². The van der Waals surface area contributed by atoms with Crippen molar-refractivity contribution in [2.24, 2.45) is 0 Å². The number of amides is 3. The van der Waals surface area contributed by atoms with Crippen LogP contribution in [0.5, 0.6) is 0 Å². The molecule has 0 rings (SSSR count). The minimum atomic E-state index is -0.753. The minimum Gasteiger partial charge on any atom is -0.354 e. The third kappa shape index (κ3) is 10.8. The predicted molar refractivity (Wildman–Crippen MR) is 99.5 cm³/mol. The molecule has 0 aliphatic carbocycles. The molecule has 2 unspecified atom stereocenters. The van der Waals surface area contributed by atoms with E-state index in [0.29, 0.717) is 19.4 Å². The zero-order chi connectivity index (χ0) is 19.2. The Morgan fingerprint density at radius 1 is 1.00 bits per heavy atom. The monoisotopic (exact) mass is 374 g/mol. The number of thiol groups is 1. The van der Waals surface area contributed by atoms with Crippen LogP contribution in [0.4, 0.5) is 0 Å². The second-order valence-corrected chi connectivity index (χ2v) is 6.04. The molecule has 0 aromatic heterocycles. The lowest BCUT2D eigenvalue weighted by Crippen LogP contribution is -2.50. The van der Waals surface area contributed by atoms with Gasteiger partial charge >= 0.3 is 0 Å². The number of hydrogen-bond donors (Lipinski definition) is 5. The lowest BCUT2D eigenvalue weighted by atomic mass is 10.1. The number of ketones is 1.